The summed E-state index contributed by atoms with van der Waals surface area (Å²) >= 11 is 6.08. The van der Waals surface area contributed by atoms with Crippen LogP contribution in [-0.4, -0.2) is 26.0 Å². The van der Waals surface area contributed by atoms with Gasteiger partial charge in [-0.1, -0.05) is 23.7 Å². The van der Waals surface area contributed by atoms with Crippen LogP contribution < -0.4 is 11.1 Å². The lowest BCUT2D eigenvalue weighted by Crippen LogP contribution is -2.23. The second-order valence-electron chi connectivity index (χ2n) is 7.51. The summed E-state index contributed by atoms with van der Waals surface area (Å²) in [6, 6.07) is 12.6. The van der Waals surface area contributed by atoms with Gasteiger partial charge in [0.05, 0.1) is 17.1 Å². The molecular formula is C24H22ClN5O2. The molecule has 0 saturated heterocycles. The van der Waals surface area contributed by atoms with Gasteiger partial charge in [-0.05, 0) is 53.9 Å². The van der Waals surface area contributed by atoms with Crippen molar-refractivity contribution in [3.63, 3.8) is 0 Å². The van der Waals surface area contributed by atoms with Gasteiger partial charge in [0.15, 0.2) is 0 Å². The number of nitrogens with zero attached hydrogens (tertiary/aromatic N) is 3. The van der Waals surface area contributed by atoms with E-state index in [1.807, 2.05) is 31.2 Å². The van der Waals surface area contributed by atoms with Crippen LogP contribution in [0.4, 0.5) is 5.82 Å². The van der Waals surface area contributed by atoms with E-state index < -0.39 is 0 Å². The number of fused-ring (bicyclic) bond motifs is 1. The molecule has 4 N–H and O–H groups in total. The van der Waals surface area contributed by atoms with Crippen molar-refractivity contribution in [2.45, 2.75) is 26.5 Å². The van der Waals surface area contributed by atoms with Gasteiger partial charge in [-0.25, -0.2) is 4.98 Å². The van der Waals surface area contributed by atoms with E-state index in [0.29, 0.717) is 29.4 Å². The summed E-state index contributed by atoms with van der Waals surface area (Å²) in [5.41, 5.74) is 11.0. The Hall–Kier alpha value is -3.55. The van der Waals surface area contributed by atoms with E-state index in [9.17, 15) is 9.90 Å². The summed E-state index contributed by atoms with van der Waals surface area (Å²) in [4.78, 5) is 25.8. The van der Waals surface area contributed by atoms with Crippen molar-refractivity contribution < 1.29 is 9.90 Å². The van der Waals surface area contributed by atoms with Crippen LogP contribution in [0.3, 0.4) is 0 Å². The third-order valence-electron chi connectivity index (χ3n) is 5.18. The standard InChI is InChI=1S/C24H22ClN5O2/c1-14-17(2-3-22(26)30-14)11-29-24(32)16-4-5-27-21(9-16)10-19-7-15(13-31)6-18-8-20(25)12-28-23(18)19/h2-9,12,31H,10-11,13H2,1H3,(H2,26,30)(H,29,32). The Labute approximate surface area is 190 Å². The van der Waals surface area contributed by atoms with Gasteiger partial charge >= 0.3 is 0 Å². The van der Waals surface area contributed by atoms with Crippen molar-refractivity contribution in [2.24, 2.45) is 0 Å². The predicted molar refractivity (Wildman–Crippen MR) is 124 cm³/mol. The van der Waals surface area contributed by atoms with Gasteiger partial charge in [-0.3, -0.25) is 14.8 Å². The molecule has 1 aromatic carbocycles. The SMILES string of the molecule is Cc1nc(N)ccc1CNC(=O)c1ccnc(Cc2cc(CO)cc3cc(Cl)cnc23)c1. The molecule has 4 rings (SSSR count). The van der Waals surface area contributed by atoms with E-state index in [0.717, 1.165) is 39.0 Å². The average molecular weight is 448 g/mol. The van der Waals surface area contributed by atoms with E-state index >= 15 is 0 Å². The van der Waals surface area contributed by atoms with Crippen molar-refractivity contribution in [2.75, 3.05) is 5.73 Å². The highest BCUT2D eigenvalue weighted by atomic mass is 35.5. The van der Waals surface area contributed by atoms with Crippen LogP contribution in [0.5, 0.6) is 0 Å². The van der Waals surface area contributed by atoms with Gasteiger partial charge < -0.3 is 16.2 Å². The number of aliphatic hydroxyl groups excluding tert-OH is 1. The third-order valence-corrected chi connectivity index (χ3v) is 5.38. The van der Waals surface area contributed by atoms with E-state index in [4.69, 9.17) is 17.3 Å². The fourth-order valence-corrected chi connectivity index (χ4v) is 3.74. The minimum atomic E-state index is -0.205. The number of halogens is 1. The molecule has 3 aromatic heterocycles. The minimum Gasteiger partial charge on any atom is -0.392 e. The number of nitrogen functional groups attached to an aromatic ring is 1. The molecule has 0 unspecified atom stereocenters. The molecule has 0 spiro atoms. The topological polar surface area (TPSA) is 114 Å². The lowest BCUT2D eigenvalue weighted by atomic mass is 10.0. The quantitative estimate of drug-likeness (QED) is 0.416. The van der Waals surface area contributed by atoms with Crippen LogP contribution in [-0.2, 0) is 19.6 Å². The number of aromatic nitrogens is 3. The molecule has 7 nitrogen and oxygen atoms in total. The van der Waals surface area contributed by atoms with Gasteiger partial charge in [0.1, 0.15) is 5.82 Å². The zero-order valence-electron chi connectivity index (χ0n) is 17.5. The number of nitrogens with two attached hydrogens (primary N) is 1. The van der Waals surface area contributed by atoms with Crippen molar-refractivity contribution in [3.05, 3.63) is 93.5 Å². The van der Waals surface area contributed by atoms with Gasteiger partial charge in [-0.2, -0.15) is 0 Å². The molecule has 1 amide bonds. The first-order chi connectivity index (χ1) is 15.4. The number of carbonyl (C=O) groups is 1. The molecule has 4 aromatic rings. The zero-order valence-corrected chi connectivity index (χ0v) is 18.2. The van der Waals surface area contributed by atoms with E-state index in [1.54, 1.807) is 30.6 Å². The second kappa shape index (κ2) is 9.30. The normalized spacial score (nSPS) is 11.0. The maximum atomic E-state index is 12.7. The maximum absolute atomic E-state index is 12.7. The first kappa shape index (κ1) is 21.7. The number of anilines is 1. The average Bonchev–Trinajstić information content (AvgIpc) is 2.78. The molecule has 162 valence electrons. The molecule has 0 radical (unpaired) electrons. The van der Waals surface area contributed by atoms with Gasteiger partial charge in [0.25, 0.3) is 5.91 Å². The van der Waals surface area contributed by atoms with Crippen LogP contribution in [0, 0.1) is 6.92 Å². The third kappa shape index (κ3) is 4.85. The molecule has 0 fully saturated rings. The predicted octanol–water partition coefficient (Wildman–Crippen LogP) is 3.58. The lowest BCUT2D eigenvalue weighted by Gasteiger charge is -2.11. The zero-order chi connectivity index (χ0) is 22.7. The van der Waals surface area contributed by atoms with Crippen LogP contribution in [0.15, 0.2) is 54.9 Å². The highest BCUT2D eigenvalue weighted by Gasteiger charge is 2.12. The molecule has 3 heterocycles. The van der Waals surface area contributed by atoms with E-state index in [1.165, 1.54) is 0 Å². The number of pyridine rings is 3. The number of amides is 1. The molecule has 0 saturated carbocycles. The molecule has 0 aliphatic rings. The summed E-state index contributed by atoms with van der Waals surface area (Å²) in [7, 11) is 0. The molecule has 0 atom stereocenters. The van der Waals surface area contributed by atoms with Crippen LogP contribution in [0.1, 0.15) is 38.4 Å². The summed E-state index contributed by atoms with van der Waals surface area (Å²) in [5, 5.41) is 13.9. The van der Waals surface area contributed by atoms with Crippen LogP contribution >= 0.6 is 11.6 Å². The van der Waals surface area contributed by atoms with Crippen molar-refractivity contribution in [3.8, 4) is 0 Å². The molecule has 0 aliphatic heterocycles. The Morgan fingerprint density at radius 1 is 1.12 bits per heavy atom. The molecule has 0 bridgehead atoms. The fraction of sp³-hybridized carbons (Fsp3) is 0.167. The Bertz CT molecular complexity index is 1310. The van der Waals surface area contributed by atoms with Gasteiger partial charge in [0.2, 0.25) is 0 Å². The molecule has 0 aliphatic carbocycles. The number of carbonyl (C=O) groups excluding carboxylic acids is 1. The maximum Gasteiger partial charge on any atom is 0.251 e. The smallest absolute Gasteiger partial charge is 0.251 e. The van der Waals surface area contributed by atoms with E-state index in [2.05, 4.69) is 20.3 Å². The van der Waals surface area contributed by atoms with Gasteiger partial charge in [-0.15, -0.1) is 0 Å². The summed E-state index contributed by atoms with van der Waals surface area (Å²) in [5.74, 6) is 0.245. The Kier molecular flexibility index (Phi) is 6.30. The molecular weight excluding hydrogens is 426 g/mol. The Morgan fingerprint density at radius 2 is 1.97 bits per heavy atom. The van der Waals surface area contributed by atoms with Crippen LogP contribution in [0.25, 0.3) is 10.9 Å². The summed E-state index contributed by atoms with van der Waals surface area (Å²) in [6.07, 6.45) is 3.67. The van der Waals surface area contributed by atoms with Crippen molar-refractivity contribution >= 4 is 34.2 Å². The molecule has 8 heteroatoms. The largest absolute Gasteiger partial charge is 0.392 e. The monoisotopic (exact) mass is 447 g/mol. The highest BCUT2D eigenvalue weighted by molar-refractivity contribution is 6.31. The highest BCUT2D eigenvalue weighted by Crippen LogP contribution is 2.24. The van der Waals surface area contributed by atoms with Gasteiger partial charge in [0, 0.05) is 47.7 Å². The number of hydrogen-bond acceptors (Lipinski definition) is 6. The summed E-state index contributed by atoms with van der Waals surface area (Å²) < 4.78 is 0. The summed E-state index contributed by atoms with van der Waals surface area (Å²) in [6.45, 7) is 2.11. The number of aliphatic hydroxyl groups is 1. The van der Waals surface area contributed by atoms with Crippen LogP contribution in [0.2, 0.25) is 5.02 Å². The minimum absolute atomic E-state index is 0.0925. The Morgan fingerprint density at radius 3 is 2.75 bits per heavy atom. The fourth-order valence-electron chi connectivity index (χ4n) is 3.58. The Balaban J connectivity index is 1.55. The number of benzene rings is 1. The number of rotatable bonds is 6. The van der Waals surface area contributed by atoms with E-state index in [-0.39, 0.29) is 12.5 Å². The first-order valence-electron chi connectivity index (χ1n) is 10.1. The second-order valence-corrected chi connectivity index (χ2v) is 7.95. The lowest BCUT2D eigenvalue weighted by molar-refractivity contribution is 0.0950. The van der Waals surface area contributed by atoms with Crippen molar-refractivity contribution in [1.82, 2.24) is 20.3 Å². The number of hydrogen-bond donors (Lipinski definition) is 3. The first-order valence-corrected chi connectivity index (χ1v) is 10.4. The van der Waals surface area contributed by atoms with Crippen molar-refractivity contribution in [1.29, 1.82) is 0 Å². The number of aryl methyl sites for hydroxylation is 1. The molecule has 32 heavy (non-hydrogen) atoms. The number of nitrogens with one attached hydrogen (secondary N) is 1.